The molecule has 15 heavy (non-hydrogen) atoms. The molecule has 84 valence electrons. The fraction of sp³-hybridized carbons (Fsp3) is 0.800. The first-order valence-corrected chi connectivity index (χ1v) is 5.43. The number of nitrogens with zero attached hydrogens (tertiary/aromatic N) is 2. The lowest BCUT2D eigenvalue weighted by molar-refractivity contribution is 0.0879. The molecule has 0 aromatic carbocycles. The normalized spacial score (nSPS) is 21.4. The molecule has 5 heteroatoms. The number of hydrogen-bond acceptors (Lipinski definition) is 5. The maximum Gasteiger partial charge on any atom is 0.245 e. The number of aromatic nitrogens is 2. The van der Waals surface area contributed by atoms with Crippen molar-refractivity contribution in [3.63, 3.8) is 0 Å². The van der Waals surface area contributed by atoms with Crippen LogP contribution in [0.15, 0.2) is 4.42 Å². The molecule has 5 nitrogen and oxygen atoms in total. The predicted molar refractivity (Wildman–Crippen MR) is 54.2 cm³/mol. The summed E-state index contributed by atoms with van der Waals surface area (Å²) in [5.41, 5.74) is 0. The van der Waals surface area contributed by atoms with Gasteiger partial charge in [-0.05, 0) is 12.8 Å². The molecular weight excluding hydrogens is 194 g/mol. The maximum atomic E-state index is 5.51. The van der Waals surface area contributed by atoms with Crippen LogP contribution in [0.4, 0.5) is 0 Å². The SMILES string of the molecule is CC(C)NCc1nnc(C2CCCO2)o1. The van der Waals surface area contributed by atoms with E-state index in [1.165, 1.54) is 0 Å². The van der Waals surface area contributed by atoms with Crippen LogP contribution in [-0.4, -0.2) is 22.8 Å². The summed E-state index contributed by atoms with van der Waals surface area (Å²) in [6.45, 7) is 5.58. The first-order valence-electron chi connectivity index (χ1n) is 5.43. The lowest BCUT2D eigenvalue weighted by Gasteiger charge is -2.04. The quantitative estimate of drug-likeness (QED) is 0.816. The molecule has 0 amide bonds. The van der Waals surface area contributed by atoms with Crippen LogP contribution in [-0.2, 0) is 11.3 Å². The Bertz CT molecular complexity index is 305. The molecule has 0 aliphatic carbocycles. The summed E-state index contributed by atoms with van der Waals surface area (Å²) in [5, 5.41) is 11.2. The van der Waals surface area contributed by atoms with E-state index in [-0.39, 0.29) is 6.10 Å². The summed E-state index contributed by atoms with van der Waals surface area (Å²) in [6.07, 6.45) is 2.08. The van der Waals surface area contributed by atoms with E-state index in [1.54, 1.807) is 0 Å². The fourth-order valence-electron chi connectivity index (χ4n) is 1.53. The van der Waals surface area contributed by atoms with Crippen molar-refractivity contribution >= 4 is 0 Å². The van der Waals surface area contributed by atoms with E-state index in [9.17, 15) is 0 Å². The van der Waals surface area contributed by atoms with Crippen LogP contribution in [0.3, 0.4) is 0 Å². The molecule has 0 spiro atoms. The molecule has 1 fully saturated rings. The predicted octanol–water partition coefficient (Wildman–Crippen LogP) is 1.42. The highest BCUT2D eigenvalue weighted by atomic mass is 16.5. The molecule has 2 heterocycles. The Morgan fingerprint density at radius 3 is 3.00 bits per heavy atom. The Hall–Kier alpha value is -0.940. The Labute approximate surface area is 89.2 Å². The van der Waals surface area contributed by atoms with E-state index < -0.39 is 0 Å². The maximum absolute atomic E-state index is 5.51. The van der Waals surface area contributed by atoms with Crippen LogP contribution in [0.5, 0.6) is 0 Å². The van der Waals surface area contributed by atoms with Crippen molar-refractivity contribution in [3.05, 3.63) is 11.8 Å². The van der Waals surface area contributed by atoms with Gasteiger partial charge in [0.2, 0.25) is 11.8 Å². The van der Waals surface area contributed by atoms with E-state index in [2.05, 4.69) is 29.4 Å². The van der Waals surface area contributed by atoms with Gasteiger partial charge in [0.25, 0.3) is 0 Å². The van der Waals surface area contributed by atoms with Gasteiger partial charge >= 0.3 is 0 Å². The Balaban J connectivity index is 1.91. The third-order valence-electron chi connectivity index (χ3n) is 2.35. The van der Waals surface area contributed by atoms with Crippen LogP contribution in [0.25, 0.3) is 0 Å². The van der Waals surface area contributed by atoms with Gasteiger partial charge in [0.15, 0.2) is 0 Å². The molecule has 1 atom stereocenters. The van der Waals surface area contributed by atoms with Gasteiger partial charge in [0.05, 0.1) is 6.54 Å². The van der Waals surface area contributed by atoms with Gasteiger partial charge in [0.1, 0.15) is 6.10 Å². The Kier molecular flexibility index (Phi) is 3.33. The average molecular weight is 211 g/mol. The van der Waals surface area contributed by atoms with Crippen LogP contribution in [0, 0.1) is 0 Å². The van der Waals surface area contributed by atoms with Gasteiger partial charge in [0, 0.05) is 12.6 Å². The number of nitrogens with one attached hydrogen (secondary N) is 1. The van der Waals surface area contributed by atoms with Gasteiger partial charge < -0.3 is 14.5 Å². The molecule has 1 aliphatic rings. The highest BCUT2D eigenvalue weighted by Crippen LogP contribution is 2.27. The van der Waals surface area contributed by atoms with Crippen molar-refractivity contribution in [1.82, 2.24) is 15.5 Å². The van der Waals surface area contributed by atoms with E-state index in [0.717, 1.165) is 19.4 Å². The number of hydrogen-bond donors (Lipinski definition) is 1. The summed E-state index contributed by atoms with van der Waals surface area (Å²) in [5.74, 6) is 1.25. The van der Waals surface area contributed by atoms with Crippen molar-refractivity contribution in [1.29, 1.82) is 0 Å². The molecule has 0 saturated carbocycles. The molecule has 1 aliphatic heterocycles. The van der Waals surface area contributed by atoms with Gasteiger partial charge in [-0.2, -0.15) is 0 Å². The van der Waals surface area contributed by atoms with Gasteiger partial charge in [-0.25, -0.2) is 0 Å². The van der Waals surface area contributed by atoms with Crippen molar-refractivity contribution in [2.75, 3.05) is 6.61 Å². The number of rotatable bonds is 4. The van der Waals surface area contributed by atoms with E-state index in [4.69, 9.17) is 9.15 Å². The second kappa shape index (κ2) is 4.72. The molecule has 2 rings (SSSR count). The molecule has 0 bridgehead atoms. The number of ether oxygens (including phenoxy) is 1. The van der Waals surface area contributed by atoms with Gasteiger partial charge in [-0.1, -0.05) is 13.8 Å². The minimum absolute atomic E-state index is 0.0188. The molecule has 1 N–H and O–H groups in total. The average Bonchev–Trinajstić information content (AvgIpc) is 2.85. The van der Waals surface area contributed by atoms with Gasteiger partial charge in [-0.3, -0.25) is 0 Å². The monoisotopic (exact) mass is 211 g/mol. The van der Waals surface area contributed by atoms with Crippen molar-refractivity contribution in [3.8, 4) is 0 Å². The summed E-state index contributed by atoms with van der Waals surface area (Å²) < 4.78 is 11.0. The second-order valence-electron chi connectivity index (χ2n) is 4.07. The summed E-state index contributed by atoms with van der Waals surface area (Å²) in [4.78, 5) is 0. The fourth-order valence-corrected chi connectivity index (χ4v) is 1.53. The third kappa shape index (κ3) is 2.76. The molecule has 1 unspecified atom stereocenters. The standard InChI is InChI=1S/C10H17N3O2/c1-7(2)11-6-9-12-13-10(15-9)8-4-3-5-14-8/h7-8,11H,3-6H2,1-2H3. The van der Waals surface area contributed by atoms with E-state index in [0.29, 0.717) is 24.4 Å². The lowest BCUT2D eigenvalue weighted by atomic mass is 10.2. The molecule has 1 saturated heterocycles. The van der Waals surface area contributed by atoms with Crippen molar-refractivity contribution in [2.24, 2.45) is 0 Å². The Morgan fingerprint density at radius 1 is 1.47 bits per heavy atom. The second-order valence-corrected chi connectivity index (χ2v) is 4.07. The summed E-state index contributed by atoms with van der Waals surface area (Å²) >= 11 is 0. The smallest absolute Gasteiger partial charge is 0.245 e. The minimum atomic E-state index is 0.0188. The van der Waals surface area contributed by atoms with Crippen LogP contribution >= 0.6 is 0 Å². The summed E-state index contributed by atoms with van der Waals surface area (Å²) in [7, 11) is 0. The summed E-state index contributed by atoms with van der Waals surface area (Å²) in [6, 6.07) is 0.420. The molecule has 1 aromatic heterocycles. The zero-order chi connectivity index (χ0) is 10.7. The molecular formula is C10H17N3O2. The van der Waals surface area contributed by atoms with E-state index >= 15 is 0 Å². The van der Waals surface area contributed by atoms with Crippen molar-refractivity contribution < 1.29 is 9.15 Å². The first kappa shape index (κ1) is 10.6. The van der Waals surface area contributed by atoms with Crippen LogP contribution in [0.2, 0.25) is 0 Å². The third-order valence-corrected chi connectivity index (χ3v) is 2.35. The van der Waals surface area contributed by atoms with Crippen LogP contribution < -0.4 is 5.32 Å². The van der Waals surface area contributed by atoms with Crippen molar-refractivity contribution in [2.45, 2.75) is 45.4 Å². The molecule has 1 aromatic rings. The van der Waals surface area contributed by atoms with Gasteiger partial charge in [-0.15, -0.1) is 10.2 Å². The first-order chi connectivity index (χ1) is 7.25. The lowest BCUT2D eigenvalue weighted by Crippen LogP contribution is -2.21. The zero-order valence-corrected chi connectivity index (χ0v) is 9.19. The van der Waals surface area contributed by atoms with Crippen LogP contribution in [0.1, 0.15) is 44.6 Å². The zero-order valence-electron chi connectivity index (χ0n) is 9.19. The highest BCUT2D eigenvalue weighted by Gasteiger charge is 2.23. The molecule has 0 radical (unpaired) electrons. The Morgan fingerprint density at radius 2 is 2.33 bits per heavy atom. The highest BCUT2D eigenvalue weighted by molar-refractivity contribution is 4.88. The topological polar surface area (TPSA) is 60.2 Å². The largest absolute Gasteiger partial charge is 0.421 e. The van der Waals surface area contributed by atoms with E-state index in [1.807, 2.05) is 0 Å². The minimum Gasteiger partial charge on any atom is -0.421 e.